The standard InChI is InChI=1S/C36F12N6/c37-25-19-10(7(1-49)2-50)13-16(22(19)28(40)34(46)31(25)43)14-11(8(3-51)4-52)21-24(30(42)36(48)33(45)27(21)39)18(14)15-12(9(5-53)6-54)20-23(17(13)15)29(41)35(47)32(44)26(20)38. The van der Waals surface area contributed by atoms with E-state index in [0.717, 1.165) is 0 Å². The molecule has 0 spiro atoms. The van der Waals surface area contributed by atoms with Crippen LogP contribution in [0.5, 0.6) is 0 Å². The molecule has 0 fully saturated rings. The van der Waals surface area contributed by atoms with Gasteiger partial charge in [-0.15, -0.1) is 0 Å². The summed E-state index contributed by atoms with van der Waals surface area (Å²) in [6.45, 7) is 0. The highest BCUT2D eigenvalue weighted by Crippen LogP contribution is 2.67. The minimum absolute atomic E-state index is 1.21. The summed E-state index contributed by atoms with van der Waals surface area (Å²) < 4.78 is 186. The lowest BCUT2D eigenvalue weighted by atomic mass is 9.82. The van der Waals surface area contributed by atoms with Gasteiger partial charge in [0.05, 0.1) is 0 Å². The van der Waals surface area contributed by atoms with Gasteiger partial charge < -0.3 is 0 Å². The number of hydrogen-bond acceptors (Lipinski definition) is 6. The van der Waals surface area contributed by atoms with Gasteiger partial charge in [-0.3, -0.25) is 0 Å². The highest BCUT2D eigenvalue weighted by atomic mass is 19.2. The van der Waals surface area contributed by atoms with Crippen molar-refractivity contribution in [1.82, 2.24) is 0 Å². The van der Waals surface area contributed by atoms with Crippen molar-refractivity contribution in [3.05, 3.63) is 120 Å². The lowest BCUT2D eigenvalue weighted by Gasteiger charge is -2.19. The van der Waals surface area contributed by atoms with E-state index in [1.54, 1.807) is 0 Å². The van der Waals surface area contributed by atoms with Gasteiger partial charge >= 0.3 is 0 Å². The van der Waals surface area contributed by atoms with Gasteiger partial charge in [0.25, 0.3) is 0 Å². The Morgan fingerprint density at radius 3 is 0.556 bits per heavy atom. The van der Waals surface area contributed by atoms with Crippen LogP contribution in [0.4, 0.5) is 52.7 Å². The van der Waals surface area contributed by atoms with Crippen LogP contribution in [0, 0.1) is 138 Å². The topological polar surface area (TPSA) is 143 Å². The molecule has 0 aromatic heterocycles. The van der Waals surface area contributed by atoms with Crippen LogP contribution in [0.25, 0.3) is 50.1 Å². The Bertz CT molecular complexity index is 2630. The quantitative estimate of drug-likeness (QED) is 0.0657. The van der Waals surface area contributed by atoms with Crippen LogP contribution in [0.3, 0.4) is 0 Å². The van der Waals surface area contributed by atoms with Crippen molar-refractivity contribution in [1.29, 1.82) is 31.6 Å². The molecule has 6 nitrogen and oxygen atoms in total. The first-order valence-electron chi connectivity index (χ1n) is 14.1. The summed E-state index contributed by atoms with van der Waals surface area (Å²) in [5, 5.41) is 59.5. The third kappa shape index (κ3) is 3.76. The van der Waals surface area contributed by atoms with E-state index in [0.29, 0.717) is 0 Å². The van der Waals surface area contributed by atoms with Gasteiger partial charge in [0.15, 0.2) is 69.8 Å². The maximum absolute atomic E-state index is 16.1. The molecule has 258 valence electrons. The first-order chi connectivity index (χ1) is 25.6. The van der Waals surface area contributed by atoms with Crippen molar-refractivity contribution in [2.24, 2.45) is 0 Å². The maximum atomic E-state index is 16.1. The number of halogens is 12. The Morgan fingerprint density at radius 2 is 0.389 bits per heavy atom. The van der Waals surface area contributed by atoms with Crippen LogP contribution < -0.4 is 0 Å². The van der Waals surface area contributed by atoms with Crippen LogP contribution in [0.15, 0.2) is 16.7 Å². The van der Waals surface area contributed by atoms with E-state index in [2.05, 4.69) is 0 Å². The molecule has 0 aliphatic heterocycles. The largest absolute Gasteiger partial charge is 0.203 e. The number of rotatable bonds is 0. The number of nitriles is 6. The second-order valence-corrected chi connectivity index (χ2v) is 11.2. The van der Waals surface area contributed by atoms with E-state index in [1.807, 2.05) is 0 Å². The van der Waals surface area contributed by atoms with Crippen LogP contribution in [-0.4, -0.2) is 0 Å². The van der Waals surface area contributed by atoms with Gasteiger partial charge in [-0.1, -0.05) is 0 Å². The number of benzene rings is 4. The molecule has 54 heavy (non-hydrogen) atoms. The average molecular weight is 744 g/mol. The summed E-state index contributed by atoms with van der Waals surface area (Å²) in [5.74, 6) is -30.4. The van der Waals surface area contributed by atoms with Gasteiger partial charge in [0.1, 0.15) is 53.1 Å². The van der Waals surface area contributed by atoms with Crippen molar-refractivity contribution in [2.45, 2.75) is 0 Å². The minimum Gasteiger partial charge on any atom is -0.203 e. The van der Waals surface area contributed by atoms with Crippen molar-refractivity contribution >= 4 is 16.7 Å². The summed E-state index contributed by atoms with van der Waals surface area (Å²) in [6.07, 6.45) is 0. The van der Waals surface area contributed by atoms with E-state index >= 15 is 39.5 Å². The molecule has 0 saturated heterocycles. The summed E-state index contributed by atoms with van der Waals surface area (Å²) in [4.78, 5) is 0. The monoisotopic (exact) mass is 744 g/mol. The molecule has 0 atom stereocenters. The Morgan fingerprint density at radius 1 is 0.222 bits per heavy atom. The minimum atomic E-state index is -2.65. The maximum Gasteiger partial charge on any atom is 0.198 e. The molecule has 0 amide bonds. The number of hydrogen-bond donors (Lipinski definition) is 0. The van der Waals surface area contributed by atoms with Crippen molar-refractivity contribution in [2.75, 3.05) is 0 Å². The molecule has 4 aromatic rings. The molecule has 4 aromatic carbocycles. The number of fused-ring (bicyclic) bond motifs is 12. The zero-order valence-electron chi connectivity index (χ0n) is 25.2. The van der Waals surface area contributed by atoms with Gasteiger partial charge in [0.2, 0.25) is 0 Å². The average Bonchev–Trinajstić information content (AvgIpc) is 3.82. The molecule has 3 aliphatic carbocycles. The van der Waals surface area contributed by atoms with Crippen molar-refractivity contribution in [3.63, 3.8) is 0 Å². The summed E-state index contributed by atoms with van der Waals surface area (Å²) in [6, 6.07) is 7.24. The lowest BCUT2D eigenvalue weighted by Crippen LogP contribution is -2.03. The SMILES string of the molecule is N#CC(C#N)=C1c2c(F)c(F)c(F)c(F)c2-c2c1c1c(c3c2C(=C(C#N)C#N)c2c(F)c(F)c(F)c(F)c2-3)C(=C(C#N)C#N)c2c(F)c(F)c(F)c(F)c2-1. The van der Waals surface area contributed by atoms with E-state index in [1.165, 1.54) is 36.4 Å². The highest BCUT2D eigenvalue weighted by molar-refractivity contribution is 6.25. The number of nitrogens with zero attached hydrogens (tertiary/aromatic N) is 6. The molecule has 0 saturated carbocycles. The van der Waals surface area contributed by atoms with Crippen LogP contribution in [0.1, 0.15) is 33.4 Å². The zero-order chi connectivity index (χ0) is 39.6. The van der Waals surface area contributed by atoms with Crippen LogP contribution >= 0.6 is 0 Å². The fraction of sp³-hybridized carbons (Fsp3) is 0. The van der Waals surface area contributed by atoms with Gasteiger partial charge in [-0.05, 0) is 0 Å². The lowest BCUT2D eigenvalue weighted by molar-refractivity contribution is 0.410. The molecular weight excluding hydrogens is 744 g/mol. The first kappa shape index (κ1) is 34.6. The third-order valence-corrected chi connectivity index (χ3v) is 8.97. The molecule has 0 radical (unpaired) electrons. The Kier molecular flexibility index (Phi) is 7.28. The second kappa shape index (κ2) is 11.4. The molecule has 0 bridgehead atoms. The summed E-state index contributed by atoms with van der Waals surface area (Å²) in [5.41, 5.74) is -25.8. The molecule has 7 rings (SSSR count). The predicted molar refractivity (Wildman–Crippen MR) is 154 cm³/mol. The van der Waals surface area contributed by atoms with E-state index in [4.69, 9.17) is 0 Å². The molecule has 0 N–H and O–H groups in total. The molecule has 18 heteroatoms. The fourth-order valence-electron chi connectivity index (χ4n) is 7.09. The highest BCUT2D eigenvalue weighted by Gasteiger charge is 2.51. The Balaban J connectivity index is 2.02. The van der Waals surface area contributed by atoms with Crippen molar-refractivity contribution in [3.8, 4) is 69.8 Å². The predicted octanol–water partition coefficient (Wildman–Crippen LogP) is 8.84. The zero-order valence-corrected chi connectivity index (χ0v) is 25.2. The van der Waals surface area contributed by atoms with Crippen molar-refractivity contribution < 1.29 is 52.7 Å². The van der Waals surface area contributed by atoms with Gasteiger partial charge in [0, 0.05) is 83.5 Å². The molecule has 0 unspecified atom stereocenters. The van der Waals surface area contributed by atoms with Crippen LogP contribution in [0.2, 0.25) is 0 Å². The fourth-order valence-corrected chi connectivity index (χ4v) is 7.09. The van der Waals surface area contributed by atoms with E-state index < -0.39 is 170 Å². The first-order valence-corrected chi connectivity index (χ1v) is 14.1. The summed E-state index contributed by atoms with van der Waals surface area (Å²) >= 11 is 0. The number of allylic oxidation sites excluding steroid dienone is 3. The van der Waals surface area contributed by atoms with Gasteiger partial charge in [-0.2, -0.15) is 31.6 Å². The van der Waals surface area contributed by atoms with E-state index in [9.17, 15) is 44.7 Å². The second-order valence-electron chi connectivity index (χ2n) is 11.2. The van der Waals surface area contributed by atoms with Gasteiger partial charge in [-0.25, -0.2) is 52.7 Å². The normalized spacial score (nSPS) is 12.2. The molecule has 3 aliphatic rings. The third-order valence-electron chi connectivity index (χ3n) is 8.97. The summed E-state index contributed by atoms with van der Waals surface area (Å²) in [7, 11) is 0. The van der Waals surface area contributed by atoms with E-state index in [-0.39, 0.29) is 0 Å². The smallest absolute Gasteiger partial charge is 0.198 e. The Hall–Kier alpha value is -7.80. The molecular formula is C36F12N6. The Labute approximate surface area is 290 Å². The van der Waals surface area contributed by atoms with Crippen LogP contribution in [-0.2, 0) is 0 Å². The molecule has 0 heterocycles.